The molecule has 5 heteroatoms. The summed E-state index contributed by atoms with van der Waals surface area (Å²) in [5.74, 6) is -1.02. The summed E-state index contributed by atoms with van der Waals surface area (Å²) in [4.78, 5) is 10.6. The predicted octanol–water partition coefficient (Wildman–Crippen LogP) is 1.23. The number of rotatable bonds is 3. The van der Waals surface area contributed by atoms with Gasteiger partial charge in [0.15, 0.2) is 0 Å². The molecule has 0 aromatic carbocycles. The molecule has 90 valence electrons. The average molecular weight is 226 g/mol. The van der Waals surface area contributed by atoms with Crippen LogP contribution in [0.2, 0.25) is 0 Å². The van der Waals surface area contributed by atoms with Crippen LogP contribution < -0.4 is 0 Å². The quantitative estimate of drug-likeness (QED) is 0.812. The van der Waals surface area contributed by atoms with E-state index < -0.39 is 12.1 Å². The Morgan fingerprint density at radius 3 is 2.56 bits per heavy atom. The molecule has 0 bridgehead atoms. The topological polar surface area (TPSA) is 75.4 Å². The zero-order chi connectivity index (χ0) is 12.5. The Hall–Kier alpha value is -1.36. The lowest BCUT2D eigenvalue weighted by Gasteiger charge is -2.19. The molecule has 1 unspecified atom stereocenters. The monoisotopic (exact) mass is 226 g/mol. The van der Waals surface area contributed by atoms with E-state index in [1.54, 1.807) is 17.9 Å². The first-order valence-electron chi connectivity index (χ1n) is 5.15. The Bertz CT molecular complexity index is 390. The fourth-order valence-electron chi connectivity index (χ4n) is 1.61. The molecule has 5 nitrogen and oxygen atoms in total. The maximum atomic E-state index is 10.6. The number of aliphatic hydroxyl groups excluding tert-OH is 1. The summed E-state index contributed by atoms with van der Waals surface area (Å²) in [5, 5.41) is 22.7. The van der Waals surface area contributed by atoms with E-state index in [2.05, 4.69) is 5.10 Å². The number of nitrogens with zero attached hydrogens (tertiary/aromatic N) is 2. The third kappa shape index (κ3) is 2.82. The van der Waals surface area contributed by atoms with Crippen molar-refractivity contribution in [1.82, 2.24) is 9.78 Å². The Balaban J connectivity index is 3.08. The number of aromatic nitrogens is 2. The largest absolute Gasteiger partial charge is 0.481 e. The number of aliphatic hydroxyl groups is 1. The van der Waals surface area contributed by atoms with E-state index in [9.17, 15) is 9.90 Å². The minimum Gasteiger partial charge on any atom is -0.481 e. The molecular formula is C11H18N2O3. The highest BCUT2D eigenvalue weighted by atomic mass is 16.4. The van der Waals surface area contributed by atoms with Gasteiger partial charge in [-0.1, -0.05) is 20.8 Å². The SMILES string of the molecule is Cn1cc(C(O)CC(=O)O)c(C(C)(C)C)n1. The van der Waals surface area contributed by atoms with Gasteiger partial charge in [0, 0.05) is 24.2 Å². The summed E-state index contributed by atoms with van der Waals surface area (Å²) in [6.07, 6.45) is 0.378. The van der Waals surface area contributed by atoms with Crippen LogP contribution in [0.15, 0.2) is 6.20 Å². The van der Waals surface area contributed by atoms with Crippen molar-refractivity contribution in [2.45, 2.75) is 38.7 Å². The minimum absolute atomic E-state index is 0.212. The lowest BCUT2D eigenvalue weighted by atomic mass is 9.87. The zero-order valence-corrected chi connectivity index (χ0v) is 10.1. The van der Waals surface area contributed by atoms with Gasteiger partial charge in [0.1, 0.15) is 0 Å². The van der Waals surface area contributed by atoms with Crippen LogP contribution in [0.25, 0.3) is 0 Å². The summed E-state index contributed by atoms with van der Waals surface area (Å²) in [7, 11) is 1.76. The van der Waals surface area contributed by atoms with Crippen LogP contribution in [0.5, 0.6) is 0 Å². The van der Waals surface area contributed by atoms with Crippen molar-refractivity contribution >= 4 is 5.97 Å². The molecule has 1 heterocycles. The van der Waals surface area contributed by atoms with Crippen LogP contribution in [0.3, 0.4) is 0 Å². The molecule has 2 N–H and O–H groups in total. The summed E-state index contributed by atoms with van der Waals surface area (Å²) in [6.45, 7) is 5.94. The molecule has 0 aliphatic rings. The molecule has 0 radical (unpaired) electrons. The van der Waals surface area contributed by atoms with Crippen LogP contribution in [-0.2, 0) is 17.3 Å². The first kappa shape index (κ1) is 12.7. The molecule has 1 aromatic heterocycles. The van der Waals surface area contributed by atoms with Gasteiger partial charge in [0.2, 0.25) is 0 Å². The van der Waals surface area contributed by atoms with Gasteiger partial charge in [-0.15, -0.1) is 0 Å². The van der Waals surface area contributed by atoms with Crippen molar-refractivity contribution in [3.05, 3.63) is 17.5 Å². The van der Waals surface area contributed by atoms with Gasteiger partial charge in [-0.3, -0.25) is 9.48 Å². The van der Waals surface area contributed by atoms with Gasteiger partial charge in [-0.05, 0) is 0 Å². The molecule has 0 aliphatic heterocycles. The van der Waals surface area contributed by atoms with E-state index >= 15 is 0 Å². The maximum absolute atomic E-state index is 10.6. The molecule has 0 aliphatic carbocycles. The number of hydrogen-bond acceptors (Lipinski definition) is 3. The Morgan fingerprint density at radius 2 is 2.12 bits per heavy atom. The maximum Gasteiger partial charge on any atom is 0.306 e. The van der Waals surface area contributed by atoms with Gasteiger partial charge in [0.05, 0.1) is 18.2 Å². The normalized spacial score (nSPS) is 13.8. The number of carbonyl (C=O) groups is 1. The molecule has 16 heavy (non-hydrogen) atoms. The smallest absolute Gasteiger partial charge is 0.306 e. The number of aliphatic carboxylic acids is 1. The van der Waals surface area contributed by atoms with Crippen LogP contribution in [-0.4, -0.2) is 26.0 Å². The lowest BCUT2D eigenvalue weighted by Crippen LogP contribution is -2.17. The van der Waals surface area contributed by atoms with Crippen molar-refractivity contribution in [3.63, 3.8) is 0 Å². The molecule has 1 atom stereocenters. The number of aryl methyl sites for hydroxylation is 1. The summed E-state index contributed by atoms with van der Waals surface area (Å²) in [5.41, 5.74) is 1.12. The highest BCUT2D eigenvalue weighted by Crippen LogP contribution is 2.29. The van der Waals surface area contributed by atoms with Gasteiger partial charge in [0.25, 0.3) is 0 Å². The van der Waals surface area contributed by atoms with E-state index in [-0.39, 0.29) is 11.8 Å². The second-order valence-corrected chi connectivity index (χ2v) is 4.97. The Kier molecular flexibility index (Phi) is 3.38. The van der Waals surface area contributed by atoms with Crippen LogP contribution >= 0.6 is 0 Å². The summed E-state index contributed by atoms with van der Waals surface area (Å²) in [6, 6.07) is 0. The second-order valence-electron chi connectivity index (χ2n) is 4.97. The van der Waals surface area contributed by atoms with Crippen molar-refractivity contribution in [3.8, 4) is 0 Å². The first-order chi connectivity index (χ1) is 7.21. The fraction of sp³-hybridized carbons (Fsp3) is 0.636. The van der Waals surface area contributed by atoms with E-state index in [1.807, 2.05) is 20.8 Å². The zero-order valence-electron chi connectivity index (χ0n) is 10.1. The molecule has 0 saturated carbocycles. The van der Waals surface area contributed by atoms with Crippen molar-refractivity contribution in [1.29, 1.82) is 0 Å². The molecule has 0 spiro atoms. The van der Waals surface area contributed by atoms with Gasteiger partial charge < -0.3 is 10.2 Å². The first-order valence-corrected chi connectivity index (χ1v) is 5.15. The number of carboxylic acids is 1. The highest BCUT2D eigenvalue weighted by Gasteiger charge is 2.26. The average Bonchev–Trinajstić information content (AvgIpc) is 2.45. The minimum atomic E-state index is -1.02. The van der Waals surface area contributed by atoms with Crippen molar-refractivity contribution in [2.24, 2.45) is 7.05 Å². The van der Waals surface area contributed by atoms with E-state index in [0.29, 0.717) is 5.56 Å². The van der Waals surface area contributed by atoms with E-state index in [1.165, 1.54) is 0 Å². The van der Waals surface area contributed by atoms with Gasteiger partial charge in [-0.2, -0.15) is 5.10 Å². The molecule has 1 rings (SSSR count). The van der Waals surface area contributed by atoms with Crippen molar-refractivity contribution in [2.75, 3.05) is 0 Å². The summed E-state index contributed by atoms with van der Waals surface area (Å²) >= 11 is 0. The third-order valence-electron chi connectivity index (χ3n) is 2.29. The van der Waals surface area contributed by atoms with Crippen LogP contribution in [0, 0.1) is 0 Å². The number of hydrogen-bond donors (Lipinski definition) is 2. The standard InChI is InChI=1S/C11H18N2O3/c1-11(2,3)10-7(6-13(4)12-10)8(14)5-9(15)16/h6,8,14H,5H2,1-4H3,(H,15,16). The molecule has 0 saturated heterocycles. The van der Waals surface area contributed by atoms with Crippen molar-refractivity contribution < 1.29 is 15.0 Å². The third-order valence-corrected chi connectivity index (χ3v) is 2.29. The van der Waals surface area contributed by atoms with Crippen LogP contribution in [0.4, 0.5) is 0 Å². The van der Waals surface area contributed by atoms with E-state index in [0.717, 1.165) is 5.69 Å². The van der Waals surface area contributed by atoms with Gasteiger partial charge in [-0.25, -0.2) is 0 Å². The molecule has 1 aromatic rings. The lowest BCUT2D eigenvalue weighted by molar-refractivity contribution is -0.139. The van der Waals surface area contributed by atoms with Crippen LogP contribution in [0.1, 0.15) is 44.6 Å². The fourth-order valence-corrected chi connectivity index (χ4v) is 1.61. The number of carboxylic acid groups (broad SMARTS) is 1. The second kappa shape index (κ2) is 4.25. The van der Waals surface area contributed by atoms with Gasteiger partial charge >= 0.3 is 5.97 Å². The highest BCUT2D eigenvalue weighted by molar-refractivity contribution is 5.67. The predicted molar refractivity (Wildman–Crippen MR) is 59.1 cm³/mol. The molecule has 0 amide bonds. The van der Waals surface area contributed by atoms with E-state index in [4.69, 9.17) is 5.11 Å². The molecular weight excluding hydrogens is 208 g/mol. The molecule has 0 fully saturated rings. The summed E-state index contributed by atoms with van der Waals surface area (Å²) < 4.78 is 1.60. The Morgan fingerprint density at radius 1 is 1.56 bits per heavy atom. The Labute approximate surface area is 94.7 Å².